The van der Waals surface area contributed by atoms with E-state index in [1.54, 1.807) is 21.7 Å². The van der Waals surface area contributed by atoms with Crippen LogP contribution in [-0.2, 0) is 11.3 Å². The average Bonchev–Trinajstić information content (AvgIpc) is 3.47. The summed E-state index contributed by atoms with van der Waals surface area (Å²) in [5.74, 6) is 1.51. The first-order chi connectivity index (χ1) is 16.0. The first-order valence-electron chi connectivity index (χ1n) is 10.9. The van der Waals surface area contributed by atoms with Crippen molar-refractivity contribution >= 4 is 52.4 Å². The zero-order chi connectivity index (χ0) is 22.9. The molecule has 0 radical (unpaired) electrons. The number of imide groups is 1. The van der Waals surface area contributed by atoms with Crippen molar-refractivity contribution in [2.75, 3.05) is 42.9 Å². The summed E-state index contributed by atoms with van der Waals surface area (Å²) in [6, 6.07) is 9.04. The number of nitrogens with zero attached hydrogens (tertiary/aromatic N) is 6. The first-order valence-corrected chi connectivity index (χ1v) is 11.6. The highest BCUT2D eigenvalue weighted by Crippen LogP contribution is 2.25. The molecule has 4 heterocycles. The van der Waals surface area contributed by atoms with E-state index in [-0.39, 0.29) is 11.9 Å². The van der Waals surface area contributed by atoms with E-state index in [0.717, 1.165) is 29.3 Å². The Bertz CT molecular complexity index is 1210. The van der Waals surface area contributed by atoms with Crippen molar-refractivity contribution in [1.82, 2.24) is 24.4 Å². The van der Waals surface area contributed by atoms with Gasteiger partial charge in [0.1, 0.15) is 11.6 Å². The summed E-state index contributed by atoms with van der Waals surface area (Å²) in [5.41, 5.74) is 1.64. The van der Waals surface area contributed by atoms with E-state index in [1.165, 1.54) is 4.90 Å². The molecule has 9 nitrogen and oxygen atoms in total. The lowest BCUT2D eigenvalue weighted by molar-refractivity contribution is -0.125. The molecule has 3 amide bonds. The number of benzene rings is 1. The molecule has 5 rings (SSSR count). The van der Waals surface area contributed by atoms with Gasteiger partial charge in [0, 0.05) is 67.9 Å². The predicted molar refractivity (Wildman–Crippen MR) is 127 cm³/mol. The molecule has 0 bridgehead atoms. The van der Waals surface area contributed by atoms with Crippen LogP contribution in [0.2, 0.25) is 10.0 Å². The number of carbonyl (C=O) groups is 2. The number of hydrogen-bond donors (Lipinski definition) is 1. The fourth-order valence-corrected chi connectivity index (χ4v) is 4.66. The van der Waals surface area contributed by atoms with Crippen LogP contribution < -0.4 is 10.2 Å². The average molecular weight is 488 g/mol. The second-order valence-corrected chi connectivity index (χ2v) is 8.94. The lowest BCUT2D eigenvalue weighted by Gasteiger charge is -2.36. The summed E-state index contributed by atoms with van der Waals surface area (Å²) in [6.07, 6.45) is 2.91. The van der Waals surface area contributed by atoms with E-state index in [2.05, 4.69) is 15.3 Å². The van der Waals surface area contributed by atoms with Gasteiger partial charge in [-0.15, -0.1) is 0 Å². The maximum absolute atomic E-state index is 12.7. The Labute approximate surface area is 200 Å². The SMILES string of the molecule is O=C1CCCN1C(=O)N1CCN(c2cc(NCc3ccc(Cl)cc3Cl)n3nccc3n2)CC1. The zero-order valence-corrected chi connectivity index (χ0v) is 19.4. The summed E-state index contributed by atoms with van der Waals surface area (Å²) in [5, 5.41) is 8.95. The summed E-state index contributed by atoms with van der Waals surface area (Å²) in [6.45, 7) is 3.36. The number of halogens is 2. The number of aromatic nitrogens is 3. The number of carbonyl (C=O) groups excluding carboxylic acids is 2. The number of hydrogen-bond acceptors (Lipinski definition) is 6. The number of rotatable bonds is 4. The molecule has 0 aliphatic carbocycles. The molecule has 2 aliphatic heterocycles. The van der Waals surface area contributed by atoms with E-state index in [0.29, 0.717) is 55.7 Å². The largest absolute Gasteiger partial charge is 0.366 e. The number of piperazine rings is 1. The molecule has 11 heteroatoms. The standard InChI is InChI=1S/C22H23Cl2N7O2/c23-16-4-3-15(17(24)12-16)14-25-19-13-20(27-18-5-6-26-31(18)19)28-8-10-29(11-9-28)22(33)30-7-1-2-21(30)32/h3-6,12-13,25H,1-2,7-11,14H2. The maximum atomic E-state index is 12.7. The number of anilines is 2. The molecule has 2 fully saturated rings. The minimum absolute atomic E-state index is 0.0770. The van der Waals surface area contributed by atoms with Gasteiger partial charge in [-0.25, -0.2) is 9.78 Å². The van der Waals surface area contributed by atoms with Gasteiger partial charge >= 0.3 is 6.03 Å². The highest BCUT2D eigenvalue weighted by molar-refractivity contribution is 6.35. The number of urea groups is 1. The van der Waals surface area contributed by atoms with Gasteiger partial charge in [-0.1, -0.05) is 29.3 Å². The molecule has 2 aromatic heterocycles. The van der Waals surface area contributed by atoms with Crippen molar-refractivity contribution in [2.24, 2.45) is 0 Å². The number of likely N-dealkylation sites (tertiary alicyclic amines) is 1. The monoisotopic (exact) mass is 487 g/mol. The Morgan fingerprint density at radius 1 is 1.06 bits per heavy atom. The third-order valence-corrected chi connectivity index (χ3v) is 6.59. The van der Waals surface area contributed by atoms with E-state index in [1.807, 2.05) is 24.3 Å². The van der Waals surface area contributed by atoms with Crippen molar-refractivity contribution in [2.45, 2.75) is 19.4 Å². The number of amides is 3. The molecule has 0 atom stereocenters. The highest BCUT2D eigenvalue weighted by atomic mass is 35.5. The first kappa shape index (κ1) is 21.8. The molecule has 3 aromatic rings. The lowest BCUT2D eigenvalue weighted by atomic mass is 10.2. The number of nitrogens with one attached hydrogen (secondary N) is 1. The van der Waals surface area contributed by atoms with Crippen molar-refractivity contribution in [3.8, 4) is 0 Å². The molecule has 0 saturated carbocycles. The topological polar surface area (TPSA) is 86.1 Å². The Morgan fingerprint density at radius 2 is 1.88 bits per heavy atom. The van der Waals surface area contributed by atoms with Gasteiger partial charge in [-0.3, -0.25) is 9.69 Å². The normalized spacial score (nSPS) is 16.7. The second kappa shape index (κ2) is 9.07. The summed E-state index contributed by atoms with van der Waals surface area (Å²) in [4.78, 5) is 34.6. The third kappa shape index (κ3) is 4.43. The van der Waals surface area contributed by atoms with Crippen LogP contribution in [0.1, 0.15) is 18.4 Å². The van der Waals surface area contributed by atoms with Crippen LogP contribution in [0, 0.1) is 0 Å². The summed E-state index contributed by atoms with van der Waals surface area (Å²) in [7, 11) is 0. The Morgan fingerprint density at radius 3 is 2.61 bits per heavy atom. The van der Waals surface area contributed by atoms with Crippen molar-refractivity contribution in [3.05, 3.63) is 52.1 Å². The van der Waals surface area contributed by atoms with Crippen molar-refractivity contribution in [1.29, 1.82) is 0 Å². The van der Waals surface area contributed by atoms with Crippen LogP contribution in [0.5, 0.6) is 0 Å². The van der Waals surface area contributed by atoms with Crippen LogP contribution >= 0.6 is 23.2 Å². The molecule has 1 N–H and O–H groups in total. The molecule has 33 heavy (non-hydrogen) atoms. The number of fused-ring (bicyclic) bond motifs is 1. The molecular formula is C22H23Cl2N7O2. The summed E-state index contributed by atoms with van der Waals surface area (Å²) >= 11 is 12.3. The lowest BCUT2D eigenvalue weighted by Crippen LogP contribution is -2.53. The highest BCUT2D eigenvalue weighted by Gasteiger charge is 2.32. The van der Waals surface area contributed by atoms with Crippen molar-refractivity contribution < 1.29 is 9.59 Å². The van der Waals surface area contributed by atoms with Crippen LogP contribution in [-0.4, -0.2) is 69.1 Å². The van der Waals surface area contributed by atoms with Crippen LogP contribution in [0.4, 0.5) is 16.4 Å². The maximum Gasteiger partial charge on any atom is 0.326 e. The molecule has 2 aliphatic rings. The van der Waals surface area contributed by atoms with E-state index < -0.39 is 0 Å². The van der Waals surface area contributed by atoms with Gasteiger partial charge in [0.15, 0.2) is 5.65 Å². The zero-order valence-electron chi connectivity index (χ0n) is 17.9. The Hall–Kier alpha value is -3.04. The Kier molecular flexibility index (Phi) is 5.99. The molecule has 172 valence electrons. The molecule has 0 spiro atoms. The van der Waals surface area contributed by atoms with Gasteiger partial charge in [0.2, 0.25) is 5.91 Å². The molecule has 2 saturated heterocycles. The van der Waals surface area contributed by atoms with E-state index >= 15 is 0 Å². The smallest absolute Gasteiger partial charge is 0.326 e. The molecular weight excluding hydrogens is 465 g/mol. The van der Waals surface area contributed by atoms with Gasteiger partial charge in [-0.2, -0.15) is 9.61 Å². The Balaban J connectivity index is 1.30. The summed E-state index contributed by atoms with van der Waals surface area (Å²) < 4.78 is 1.74. The van der Waals surface area contributed by atoms with Gasteiger partial charge < -0.3 is 15.1 Å². The van der Waals surface area contributed by atoms with E-state index in [9.17, 15) is 9.59 Å². The van der Waals surface area contributed by atoms with Crippen LogP contribution in [0.15, 0.2) is 36.5 Å². The van der Waals surface area contributed by atoms with Gasteiger partial charge in [-0.05, 0) is 24.1 Å². The van der Waals surface area contributed by atoms with E-state index in [4.69, 9.17) is 28.2 Å². The van der Waals surface area contributed by atoms with Crippen LogP contribution in [0.25, 0.3) is 5.65 Å². The minimum Gasteiger partial charge on any atom is -0.366 e. The fourth-order valence-electron chi connectivity index (χ4n) is 4.19. The predicted octanol–water partition coefficient (Wildman–Crippen LogP) is 3.51. The fraction of sp³-hybridized carbons (Fsp3) is 0.364. The van der Waals surface area contributed by atoms with Crippen molar-refractivity contribution in [3.63, 3.8) is 0 Å². The minimum atomic E-state index is -0.182. The van der Waals surface area contributed by atoms with Crippen LogP contribution in [0.3, 0.4) is 0 Å². The third-order valence-electron chi connectivity index (χ3n) is 6.00. The molecule has 1 aromatic carbocycles. The quantitative estimate of drug-likeness (QED) is 0.605. The van der Waals surface area contributed by atoms with Gasteiger partial charge in [0.05, 0.1) is 6.20 Å². The van der Waals surface area contributed by atoms with Gasteiger partial charge in [0.25, 0.3) is 0 Å². The second-order valence-electron chi connectivity index (χ2n) is 8.10. The molecule has 0 unspecified atom stereocenters.